The number of amides is 1. The lowest BCUT2D eigenvalue weighted by Gasteiger charge is -2.39. The highest BCUT2D eigenvalue weighted by atomic mass is 19.3. The van der Waals surface area contributed by atoms with E-state index in [-0.39, 0.29) is 37.4 Å². The number of halogens is 3. The number of rotatable bonds is 7. The maximum Gasteiger partial charge on any atom is 0.272 e. The van der Waals surface area contributed by atoms with Crippen molar-refractivity contribution in [1.82, 2.24) is 29.7 Å². The summed E-state index contributed by atoms with van der Waals surface area (Å²) in [5.74, 6) is -3.22. The lowest BCUT2D eigenvalue weighted by atomic mass is 9.98. The number of imidazole rings is 1. The number of likely N-dealkylation sites (tertiary alicyclic amines) is 1. The number of alkyl halides is 2. The van der Waals surface area contributed by atoms with Crippen LogP contribution in [-0.4, -0.2) is 74.0 Å². The number of nitrogens with zero attached hydrogens (tertiary/aromatic N) is 6. The summed E-state index contributed by atoms with van der Waals surface area (Å²) in [6, 6.07) is 3.19. The van der Waals surface area contributed by atoms with Crippen LogP contribution in [0.25, 0.3) is 11.2 Å². The quantitative estimate of drug-likeness (QED) is 0.428. The number of hydrogen-bond acceptors (Lipinski definition) is 8. The van der Waals surface area contributed by atoms with E-state index < -0.39 is 30.4 Å². The van der Waals surface area contributed by atoms with Gasteiger partial charge in [-0.05, 0) is 31.4 Å². The number of carbonyl (C=O) groups excluding carboxylic acids is 1. The smallest absolute Gasteiger partial charge is 0.272 e. The Balaban J connectivity index is 1.36. The van der Waals surface area contributed by atoms with Crippen molar-refractivity contribution in [2.24, 2.45) is 5.73 Å². The topological polar surface area (TPSA) is 131 Å². The molecule has 3 aliphatic rings. The van der Waals surface area contributed by atoms with Crippen LogP contribution in [0.15, 0.2) is 24.8 Å². The third-order valence-corrected chi connectivity index (χ3v) is 7.41. The summed E-state index contributed by atoms with van der Waals surface area (Å²) in [5.41, 5.74) is 13.9. The number of nitrogens with two attached hydrogens (primary N) is 2. The molecule has 0 spiro atoms. The van der Waals surface area contributed by atoms with E-state index in [1.54, 1.807) is 17.0 Å². The largest absolute Gasteiger partial charge is 0.382 e. The van der Waals surface area contributed by atoms with Crippen molar-refractivity contribution in [3.8, 4) is 0 Å². The van der Waals surface area contributed by atoms with Crippen molar-refractivity contribution in [2.75, 3.05) is 36.8 Å². The van der Waals surface area contributed by atoms with Crippen molar-refractivity contribution in [3.05, 3.63) is 41.7 Å². The molecule has 1 aliphatic carbocycles. The van der Waals surface area contributed by atoms with E-state index in [4.69, 9.17) is 11.5 Å². The minimum absolute atomic E-state index is 0.0259. The summed E-state index contributed by atoms with van der Waals surface area (Å²) < 4.78 is 44.1. The SMILES string of the molecule is Nc1ncnc2c1ncn2Cc1c(N2CCC(N)(C(=O)NC3CC3)C2)ccc(F)c1CN1CC(F)(F)C1. The van der Waals surface area contributed by atoms with Crippen LogP contribution in [0.5, 0.6) is 0 Å². The average Bonchev–Trinajstić information content (AvgIpc) is 3.40. The van der Waals surface area contributed by atoms with Crippen LogP contribution in [0.4, 0.5) is 24.7 Å². The molecule has 6 rings (SSSR count). The molecule has 3 fully saturated rings. The molecule has 2 aromatic heterocycles. The minimum atomic E-state index is -2.77. The predicted octanol–water partition coefficient (Wildman–Crippen LogP) is 1.23. The van der Waals surface area contributed by atoms with Gasteiger partial charge in [-0.25, -0.2) is 28.1 Å². The number of fused-ring (bicyclic) bond motifs is 1. The molecule has 3 aromatic rings. The zero-order valence-electron chi connectivity index (χ0n) is 20.1. The minimum Gasteiger partial charge on any atom is -0.382 e. The zero-order chi connectivity index (χ0) is 25.9. The average molecular weight is 516 g/mol. The van der Waals surface area contributed by atoms with E-state index >= 15 is 4.39 Å². The Morgan fingerprint density at radius 3 is 2.62 bits per heavy atom. The van der Waals surface area contributed by atoms with Crippen molar-refractivity contribution in [2.45, 2.75) is 49.9 Å². The molecule has 2 saturated heterocycles. The molecule has 2 aliphatic heterocycles. The molecule has 5 N–H and O–H groups in total. The predicted molar refractivity (Wildman–Crippen MR) is 130 cm³/mol. The van der Waals surface area contributed by atoms with Crippen molar-refractivity contribution in [3.63, 3.8) is 0 Å². The normalized spacial score (nSPS) is 23.4. The van der Waals surface area contributed by atoms with Gasteiger partial charge in [-0.15, -0.1) is 0 Å². The van der Waals surface area contributed by atoms with Crippen molar-refractivity contribution in [1.29, 1.82) is 0 Å². The maximum absolute atomic E-state index is 15.3. The van der Waals surface area contributed by atoms with Crippen LogP contribution in [0.2, 0.25) is 0 Å². The molecule has 1 aromatic carbocycles. The molecule has 4 heterocycles. The van der Waals surface area contributed by atoms with Crippen LogP contribution >= 0.6 is 0 Å². The lowest BCUT2D eigenvalue weighted by Crippen LogP contribution is -2.56. The van der Waals surface area contributed by atoms with Crippen LogP contribution in [0.1, 0.15) is 30.4 Å². The van der Waals surface area contributed by atoms with Gasteiger partial charge in [0.1, 0.15) is 23.2 Å². The first-order valence-corrected chi connectivity index (χ1v) is 12.3. The number of aromatic nitrogens is 4. The number of carbonyl (C=O) groups is 1. The van der Waals surface area contributed by atoms with Crippen LogP contribution in [0.3, 0.4) is 0 Å². The van der Waals surface area contributed by atoms with E-state index in [0.717, 1.165) is 12.8 Å². The standard InChI is InChI=1S/C24H28F3N9O/c25-17-3-4-18(35-6-5-23(29,9-35)22(37)33-14-1-2-14)16(15(17)7-34-10-24(26,27)11-34)8-36-13-32-19-20(28)30-12-31-21(19)36/h3-4,12-14H,1-2,5-11,29H2,(H,33,37)(H2,28,30,31). The van der Waals surface area contributed by atoms with E-state index in [1.807, 2.05) is 4.90 Å². The fourth-order valence-corrected chi connectivity index (χ4v) is 5.20. The van der Waals surface area contributed by atoms with Crippen LogP contribution < -0.4 is 21.7 Å². The summed E-state index contributed by atoms with van der Waals surface area (Å²) in [6.07, 6.45) is 5.23. The molecular weight excluding hydrogens is 487 g/mol. The van der Waals surface area contributed by atoms with Gasteiger partial charge in [0.25, 0.3) is 5.92 Å². The third kappa shape index (κ3) is 4.46. The Labute approximate surface area is 210 Å². The van der Waals surface area contributed by atoms with E-state index in [1.165, 1.54) is 17.3 Å². The van der Waals surface area contributed by atoms with Gasteiger partial charge >= 0.3 is 0 Å². The first kappa shape index (κ1) is 23.9. The molecule has 10 nitrogen and oxygen atoms in total. The third-order valence-electron chi connectivity index (χ3n) is 7.41. The van der Waals surface area contributed by atoms with Crippen LogP contribution in [0, 0.1) is 5.82 Å². The Bertz CT molecular complexity index is 1370. The van der Waals surface area contributed by atoms with Gasteiger partial charge in [0, 0.05) is 42.5 Å². The molecular formula is C24H28F3N9O. The molecule has 13 heteroatoms. The summed E-state index contributed by atoms with van der Waals surface area (Å²) in [4.78, 5) is 28.9. The molecule has 1 unspecified atom stereocenters. The zero-order valence-corrected chi connectivity index (χ0v) is 20.1. The monoisotopic (exact) mass is 515 g/mol. The fourth-order valence-electron chi connectivity index (χ4n) is 5.20. The Morgan fingerprint density at radius 2 is 1.89 bits per heavy atom. The Kier molecular flexibility index (Phi) is 5.53. The number of nitrogen functional groups attached to an aromatic ring is 1. The Hall–Kier alpha value is -3.45. The number of anilines is 2. The van der Waals surface area contributed by atoms with E-state index in [2.05, 4.69) is 20.3 Å². The van der Waals surface area contributed by atoms with Gasteiger partial charge in [0.05, 0.1) is 26.0 Å². The molecule has 0 bridgehead atoms. The second-order valence-corrected chi connectivity index (χ2v) is 10.4. The molecule has 1 saturated carbocycles. The van der Waals surface area contributed by atoms with E-state index in [9.17, 15) is 13.6 Å². The van der Waals surface area contributed by atoms with Gasteiger partial charge in [0.15, 0.2) is 11.5 Å². The highest BCUT2D eigenvalue weighted by Gasteiger charge is 2.45. The van der Waals surface area contributed by atoms with Gasteiger partial charge in [-0.2, -0.15) is 0 Å². The second kappa shape index (κ2) is 8.55. The second-order valence-electron chi connectivity index (χ2n) is 10.4. The number of hydrogen-bond donors (Lipinski definition) is 3. The Morgan fingerprint density at radius 1 is 1.11 bits per heavy atom. The fraction of sp³-hybridized carbons (Fsp3) is 0.500. The number of nitrogens with one attached hydrogen (secondary N) is 1. The number of benzene rings is 1. The first-order valence-electron chi connectivity index (χ1n) is 12.3. The molecule has 37 heavy (non-hydrogen) atoms. The van der Waals surface area contributed by atoms with Crippen molar-refractivity contribution < 1.29 is 18.0 Å². The molecule has 196 valence electrons. The van der Waals surface area contributed by atoms with Gasteiger partial charge < -0.3 is 26.3 Å². The lowest BCUT2D eigenvalue weighted by molar-refractivity contribution is -0.134. The highest BCUT2D eigenvalue weighted by molar-refractivity contribution is 5.88. The van der Waals surface area contributed by atoms with Crippen LogP contribution in [-0.2, 0) is 17.9 Å². The van der Waals surface area contributed by atoms with E-state index in [0.29, 0.717) is 40.9 Å². The summed E-state index contributed by atoms with van der Waals surface area (Å²) in [7, 11) is 0. The highest BCUT2D eigenvalue weighted by Crippen LogP contribution is 2.36. The summed E-state index contributed by atoms with van der Waals surface area (Å²) in [5, 5.41) is 2.99. The van der Waals surface area contributed by atoms with Gasteiger partial charge in [-0.1, -0.05) is 0 Å². The van der Waals surface area contributed by atoms with Crippen molar-refractivity contribution >= 4 is 28.6 Å². The molecule has 1 amide bonds. The van der Waals surface area contributed by atoms with Gasteiger partial charge in [0.2, 0.25) is 5.91 Å². The van der Waals surface area contributed by atoms with Gasteiger partial charge in [-0.3, -0.25) is 9.69 Å². The summed E-state index contributed by atoms with van der Waals surface area (Å²) in [6.45, 7) is 0.0925. The summed E-state index contributed by atoms with van der Waals surface area (Å²) >= 11 is 0. The molecule has 0 radical (unpaired) electrons. The molecule has 1 atom stereocenters. The first-order chi connectivity index (χ1) is 17.6. The maximum atomic E-state index is 15.3.